The Balaban J connectivity index is 1.45. The second-order valence-corrected chi connectivity index (χ2v) is 6.09. The minimum atomic E-state index is -0.149. The van der Waals surface area contributed by atoms with Crippen molar-refractivity contribution in [3.63, 3.8) is 0 Å². The molecule has 2 aliphatic rings. The second kappa shape index (κ2) is 5.96. The van der Waals surface area contributed by atoms with Gasteiger partial charge in [0, 0.05) is 17.4 Å². The number of hydrogen-bond donors (Lipinski definition) is 1. The number of ether oxygens (including phenoxy) is 2. The molecule has 8 heteroatoms. The molecule has 4 rings (SSSR count). The molecule has 1 N–H and O–H groups in total. The van der Waals surface area contributed by atoms with Crippen LogP contribution in [-0.4, -0.2) is 35.3 Å². The van der Waals surface area contributed by atoms with Gasteiger partial charge in [-0.3, -0.25) is 9.79 Å². The highest BCUT2D eigenvalue weighted by Crippen LogP contribution is 2.36. The number of hydrogen-bond acceptors (Lipinski definition) is 7. The van der Waals surface area contributed by atoms with Crippen molar-refractivity contribution in [2.75, 3.05) is 19.1 Å². The van der Waals surface area contributed by atoms with E-state index in [0.717, 1.165) is 17.9 Å². The van der Waals surface area contributed by atoms with E-state index in [2.05, 4.69) is 15.5 Å². The van der Waals surface area contributed by atoms with Crippen molar-refractivity contribution >= 4 is 22.8 Å². The number of rotatable bonds is 3. The molecule has 0 spiro atoms. The Morgan fingerprint density at radius 3 is 3.04 bits per heavy atom. The minimum Gasteiger partial charge on any atom is -0.454 e. The standard InChI is InChI=1S/C15H13N3O4S/c19-14(17-15-16-3-4-23-15)7-10-6-12(22-18-10)9-1-2-11-13(5-9)21-8-20-11/h1-2,5-6H,3-4,7-8H2,(H,16,17,19). The Morgan fingerprint density at radius 2 is 2.17 bits per heavy atom. The predicted octanol–water partition coefficient (Wildman–Crippen LogP) is 1.83. The molecule has 2 aliphatic heterocycles. The molecule has 0 aliphatic carbocycles. The SMILES string of the molecule is O=C(Cc1cc(-c2ccc3c(c2)OCO3)on1)NC1=NCCS1. The van der Waals surface area contributed by atoms with Gasteiger partial charge in [0.15, 0.2) is 22.4 Å². The summed E-state index contributed by atoms with van der Waals surface area (Å²) in [6, 6.07) is 7.26. The average molecular weight is 331 g/mol. The molecule has 1 aromatic heterocycles. The third-order valence-corrected chi connectivity index (χ3v) is 4.28. The van der Waals surface area contributed by atoms with Crippen LogP contribution in [0.1, 0.15) is 5.69 Å². The van der Waals surface area contributed by atoms with Crippen LogP contribution in [0.3, 0.4) is 0 Å². The number of nitrogens with zero attached hydrogens (tertiary/aromatic N) is 2. The molecule has 2 aromatic rings. The first-order chi connectivity index (χ1) is 11.3. The topological polar surface area (TPSA) is 86.0 Å². The van der Waals surface area contributed by atoms with Gasteiger partial charge in [-0.05, 0) is 18.2 Å². The van der Waals surface area contributed by atoms with Gasteiger partial charge >= 0.3 is 0 Å². The Hall–Kier alpha value is -2.48. The second-order valence-electron chi connectivity index (χ2n) is 5.01. The summed E-state index contributed by atoms with van der Waals surface area (Å²) < 4.78 is 15.9. The minimum absolute atomic E-state index is 0.146. The summed E-state index contributed by atoms with van der Waals surface area (Å²) in [5.74, 6) is 2.73. The molecule has 1 aromatic carbocycles. The van der Waals surface area contributed by atoms with Gasteiger partial charge < -0.3 is 19.3 Å². The number of benzene rings is 1. The molecule has 0 fully saturated rings. The summed E-state index contributed by atoms with van der Waals surface area (Å²) in [6.45, 7) is 0.973. The van der Waals surface area contributed by atoms with Gasteiger partial charge in [0.1, 0.15) is 0 Å². The van der Waals surface area contributed by atoms with Crippen molar-refractivity contribution in [3.05, 3.63) is 30.0 Å². The fraction of sp³-hybridized carbons (Fsp3) is 0.267. The predicted molar refractivity (Wildman–Crippen MR) is 84.7 cm³/mol. The number of aliphatic imine (C=N–C) groups is 1. The number of amides is 1. The van der Waals surface area contributed by atoms with Crippen molar-refractivity contribution < 1.29 is 18.8 Å². The maximum atomic E-state index is 11.9. The molecule has 0 atom stereocenters. The van der Waals surface area contributed by atoms with Crippen LogP contribution in [0.25, 0.3) is 11.3 Å². The van der Waals surface area contributed by atoms with Gasteiger partial charge in [-0.1, -0.05) is 16.9 Å². The normalized spacial score (nSPS) is 15.6. The highest BCUT2D eigenvalue weighted by atomic mass is 32.2. The first kappa shape index (κ1) is 14.1. The molecule has 7 nitrogen and oxygen atoms in total. The van der Waals surface area contributed by atoms with E-state index >= 15 is 0 Å². The zero-order chi connectivity index (χ0) is 15.6. The molecule has 0 unspecified atom stereocenters. The van der Waals surface area contributed by atoms with Crippen molar-refractivity contribution in [2.24, 2.45) is 4.99 Å². The van der Waals surface area contributed by atoms with E-state index in [1.165, 1.54) is 0 Å². The number of carbonyl (C=O) groups excluding carboxylic acids is 1. The van der Waals surface area contributed by atoms with Crippen LogP contribution in [0.4, 0.5) is 0 Å². The number of amidine groups is 1. The molecule has 0 saturated carbocycles. The van der Waals surface area contributed by atoms with Gasteiger partial charge in [-0.15, -0.1) is 0 Å². The van der Waals surface area contributed by atoms with Crippen molar-refractivity contribution in [1.82, 2.24) is 10.5 Å². The number of aromatic nitrogens is 1. The maximum Gasteiger partial charge on any atom is 0.232 e. The van der Waals surface area contributed by atoms with E-state index in [1.807, 2.05) is 18.2 Å². The zero-order valence-electron chi connectivity index (χ0n) is 12.1. The van der Waals surface area contributed by atoms with E-state index in [4.69, 9.17) is 14.0 Å². The summed E-state index contributed by atoms with van der Waals surface area (Å²) in [5, 5.41) is 7.39. The Bertz CT molecular complexity index is 787. The summed E-state index contributed by atoms with van der Waals surface area (Å²) in [7, 11) is 0. The molecule has 23 heavy (non-hydrogen) atoms. The van der Waals surface area contributed by atoms with Gasteiger partial charge in [0.25, 0.3) is 0 Å². The molecule has 118 valence electrons. The first-order valence-electron chi connectivity index (χ1n) is 7.11. The lowest BCUT2D eigenvalue weighted by atomic mass is 10.1. The monoisotopic (exact) mass is 331 g/mol. The number of thioether (sulfide) groups is 1. The summed E-state index contributed by atoms with van der Waals surface area (Å²) in [4.78, 5) is 16.1. The third-order valence-electron chi connectivity index (χ3n) is 3.39. The zero-order valence-corrected chi connectivity index (χ0v) is 12.9. The summed E-state index contributed by atoms with van der Waals surface area (Å²) >= 11 is 1.54. The smallest absolute Gasteiger partial charge is 0.232 e. The average Bonchev–Trinajstić information content (AvgIpc) is 3.27. The molecular weight excluding hydrogens is 318 g/mol. The van der Waals surface area contributed by atoms with Crippen LogP contribution in [0, 0.1) is 0 Å². The highest BCUT2D eigenvalue weighted by Gasteiger charge is 2.17. The van der Waals surface area contributed by atoms with Gasteiger partial charge in [0.2, 0.25) is 12.7 Å². The summed E-state index contributed by atoms with van der Waals surface area (Å²) in [6.07, 6.45) is 0.146. The van der Waals surface area contributed by atoms with Crippen LogP contribution in [0.15, 0.2) is 33.8 Å². The van der Waals surface area contributed by atoms with Gasteiger partial charge in [-0.25, -0.2) is 0 Å². The van der Waals surface area contributed by atoms with Crippen LogP contribution < -0.4 is 14.8 Å². The third kappa shape index (κ3) is 3.02. The van der Waals surface area contributed by atoms with Crippen LogP contribution in [0.2, 0.25) is 0 Å². The molecule has 0 bridgehead atoms. The van der Waals surface area contributed by atoms with Crippen LogP contribution in [-0.2, 0) is 11.2 Å². The lowest BCUT2D eigenvalue weighted by molar-refractivity contribution is -0.119. The Morgan fingerprint density at radius 1 is 1.26 bits per heavy atom. The maximum absolute atomic E-state index is 11.9. The summed E-state index contributed by atoms with van der Waals surface area (Å²) in [5.41, 5.74) is 1.39. The van der Waals surface area contributed by atoms with E-state index in [0.29, 0.717) is 28.1 Å². The van der Waals surface area contributed by atoms with Gasteiger partial charge in [-0.2, -0.15) is 0 Å². The largest absolute Gasteiger partial charge is 0.454 e. The van der Waals surface area contributed by atoms with E-state index in [-0.39, 0.29) is 19.1 Å². The fourth-order valence-corrected chi connectivity index (χ4v) is 3.06. The van der Waals surface area contributed by atoms with E-state index in [1.54, 1.807) is 17.8 Å². The number of nitrogens with one attached hydrogen (secondary N) is 1. The number of fused-ring (bicyclic) bond motifs is 1. The first-order valence-corrected chi connectivity index (χ1v) is 8.09. The highest BCUT2D eigenvalue weighted by molar-refractivity contribution is 8.14. The molecule has 0 radical (unpaired) electrons. The van der Waals surface area contributed by atoms with Gasteiger partial charge in [0.05, 0.1) is 18.7 Å². The fourth-order valence-electron chi connectivity index (χ4n) is 2.32. The molecular formula is C15H13N3O4S. The lowest BCUT2D eigenvalue weighted by Crippen LogP contribution is -2.28. The van der Waals surface area contributed by atoms with Crippen molar-refractivity contribution in [1.29, 1.82) is 0 Å². The van der Waals surface area contributed by atoms with Crippen LogP contribution in [0.5, 0.6) is 11.5 Å². The number of carbonyl (C=O) groups is 1. The molecule has 0 saturated heterocycles. The lowest BCUT2D eigenvalue weighted by Gasteiger charge is -2.00. The molecule has 3 heterocycles. The molecule has 1 amide bonds. The quantitative estimate of drug-likeness (QED) is 0.923. The Labute approximate surface area is 136 Å². The van der Waals surface area contributed by atoms with E-state index < -0.39 is 0 Å². The van der Waals surface area contributed by atoms with E-state index in [9.17, 15) is 4.79 Å². The van der Waals surface area contributed by atoms with Crippen molar-refractivity contribution in [2.45, 2.75) is 6.42 Å². The van der Waals surface area contributed by atoms with Crippen molar-refractivity contribution in [3.8, 4) is 22.8 Å². The van der Waals surface area contributed by atoms with Crippen LogP contribution >= 0.6 is 11.8 Å². The Kier molecular flexibility index (Phi) is 3.66.